The van der Waals surface area contributed by atoms with E-state index in [0.717, 1.165) is 15.5 Å². The minimum atomic E-state index is 0.0358. The zero-order chi connectivity index (χ0) is 12.5. The number of hydrogen-bond acceptors (Lipinski definition) is 3. The van der Waals surface area contributed by atoms with Gasteiger partial charge in [-0.15, -0.1) is 0 Å². The molecule has 0 saturated carbocycles. The highest BCUT2D eigenvalue weighted by atomic mass is 79.9. The average molecular weight is 310 g/mol. The van der Waals surface area contributed by atoms with Crippen molar-refractivity contribution in [2.75, 3.05) is 26.3 Å². The number of amides is 1. The number of aromatic amines is 1. The SMILES string of the molecule is O=C(c1c[nH]c2cc(Br)ncc12)N1CCOCC1. The van der Waals surface area contributed by atoms with Crippen LogP contribution in [-0.4, -0.2) is 47.1 Å². The van der Waals surface area contributed by atoms with Gasteiger partial charge in [0.2, 0.25) is 0 Å². The fourth-order valence-electron chi connectivity index (χ4n) is 2.11. The lowest BCUT2D eigenvalue weighted by Gasteiger charge is -2.26. The summed E-state index contributed by atoms with van der Waals surface area (Å²) in [5.41, 5.74) is 1.58. The standard InChI is InChI=1S/C12H12BrN3O2/c13-11-5-10-8(6-15-11)9(7-14-10)12(17)16-1-3-18-4-2-16/h5-7,14H,1-4H2. The molecule has 1 aliphatic rings. The predicted octanol–water partition coefficient (Wildman–Crippen LogP) is 1.80. The lowest BCUT2D eigenvalue weighted by atomic mass is 10.2. The van der Waals surface area contributed by atoms with Crippen LogP contribution in [0.1, 0.15) is 10.4 Å². The summed E-state index contributed by atoms with van der Waals surface area (Å²) in [6.07, 6.45) is 3.46. The van der Waals surface area contributed by atoms with Crippen LogP contribution in [0.4, 0.5) is 0 Å². The van der Waals surface area contributed by atoms with Gasteiger partial charge in [0.25, 0.3) is 5.91 Å². The summed E-state index contributed by atoms with van der Waals surface area (Å²) in [5.74, 6) is 0.0358. The highest BCUT2D eigenvalue weighted by Crippen LogP contribution is 2.21. The zero-order valence-electron chi connectivity index (χ0n) is 9.65. The van der Waals surface area contributed by atoms with Gasteiger partial charge < -0.3 is 14.6 Å². The van der Waals surface area contributed by atoms with Crippen LogP contribution in [0.25, 0.3) is 10.9 Å². The van der Waals surface area contributed by atoms with E-state index in [0.29, 0.717) is 31.9 Å². The van der Waals surface area contributed by atoms with Gasteiger partial charge in [0, 0.05) is 30.9 Å². The minimum absolute atomic E-state index is 0.0358. The normalized spacial score (nSPS) is 16.2. The number of nitrogens with zero attached hydrogens (tertiary/aromatic N) is 2. The maximum absolute atomic E-state index is 12.4. The van der Waals surface area contributed by atoms with E-state index in [2.05, 4.69) is 25.9 Å². The zero-order valence-corrected chi connectivity index (χ0v) is 11.2. The van der Waals surface area contributed by atoms with Crippen molar-refractivity contribution in [1.82, 2.24) is 14.9 Å². The van der Waals surface area contributed by atoms with Crippen molar-refractivity contribution in [2.45, 2.75) is 0 Å². The fourth-order valence-corrected chi connectivity index (χ4v) is 2.44. The molecule has 1 saturated heterocycles. The Labute approximate surface area is 112 Å². The third-order valence-corrected chi connectivity index (χ3v) is 3.50. The first-order valence-electron chi connectivity index (χ1n) is 5.75. The summed E-state index contributed by atoms with van der Waals surface area (Å²) < 4.78 is 6.00. The van der Waals surface area contributed by atoms with Crippen molar-refractivity contribution >= 4 is 32.7 Å². The Morgan fingerprint density at radius 3 is 3.00 bits per heavy atom. The third kappa shape index (κ3) is 2.02. The Kier molecular flexibility index (Phi) is 3.05. The Hall–Kier alpha value is -1.40. The summed E-state index contributed by atoms with van der Waals surface area (Å²) in [7, 11) is 0. The maximum Gasteiger partial charge on any atom is 0.256 e. The van der Waals surface area contributed by atoms with Gasteiger partial charge in [-0.25, -0.2) is 4.98 Å². The van der Waals surface area contributed by atoms with Gasteiger partial charge in [-0.2, -0.15) is 0 Å². The van der Waals surface area contributed by atoms with Gasteiger partial charge >= 0.3 is 0 Å². The summed E-state index contributed by atoms with van der Waals surface area (Å²) in [6, 6.07) is 1.87. The molecule has 0 unspecified atom stereocenters. The van der Waals surface area contributed by atoms with E-state index < -0.39 is 0 Å². The molecule has 1 fully saturated rings. The number of pyridine rings is 1. The Morgan fingerprint density at radius 1 is 1.44 bits per heavy atom. The lowest BCUT2D eigenvalue weighted by molar-refractivity contribution is 0.0304. The molecular weight excluding hydrogens is 298 g/mol. The maximum atomic E-state index is 12.4. The molecule has 18 heavy (non-hydrogen) atoms. The molecule has 0 spiro atoms. The molecule has 0 atom stereocenters. The lowest BCUT2D eigenvalue weighted by Crippen LogP contribution is -2.40. The van der Waals surface area contributed by atoms with Gasteiger partial charge in [-0.05, 0) is 22.0 Å². The van der Waals surface area contributed by atoms with E-state index in [1.807, 2.05) is 11.0 Å². The van der Waals surface area contributed by atoms with E-state index in [4.69, 9.17) is 4.74 Å². The topological polar surface area (TPSA) is 58.2 Å². The second-order valence-electron chi connectivity index (χ2n) is 4.16. The van der Waals surface area contributed by atoms with Gasteiger partial charge in [0.1, 0.15) is 4.60 Å². The predicted molar refractivity (Wildman–Crippen MR) is 70.5 cm³/mol. The van der Waals surface area contributed by atoms with Crippen molar-refractivity contribution in [1.29, 1.82) is 0 Å². The molecule has 0 radical (unpaired) electrons. The molecule has 1 amide bonds. The highest BCUT2D eigenvalue weighted by molar-refractivity contribution is 9.10. The number of aromatic nitrogens is 2. The van der Waals surface area contributed by atoms with Crippen molar-refractivity contribution in [3.63, 3.8) is 0 Å². The molecule has 2 aromatic heterocycles. The molecule has 6 heteroatoms. The van der Waals surface area contributed by atoms with Gasteiger partial charge in [0.05, 0.1) is 24.3 Å². The molecule has 1 N–H and O–H groups in total. The molecule has 94 valence electrons. The number of nitrogens with one attached hydrogen (secondary N) is 1. The summed E-state index contributed by atoms with van der Waals surface area (Å²) in [4.78, 5) is 21.5. The number of morpholine rings is 1. The number of fused-ring (bicyclic) bond motifs is 1. The van der Waals surface area contributed by atoms with E-state index in [-0.39, 0.29) is 5.91 Å². The van der Waals surface area contributed by atoms with Crippen LogP contribution in [-0.2, 0) is 4.74 Å². The second-order valence-corrected chi connectivity index (χ2v) is 4.97. The quantitative estimate of drug-likeness (QED) is 0.817. The molecule has 0 aliphatic carbocycles. The van der Waals surface area contributed by atoms with Crippen LogP contribution in [0.5, 0.6) is 0 Å². The molecular formula is C12H12BrN3O2. The van der Waals surface area contributed by atoms with Crippen molar-refractivity contribution < 1.29 is 9.53 Å². The van der Waals surface area contributed by atoms with Crippen LogP contribution in [0.2, 0.25) is 0 Å². The third-order valence-electron chi connectivity index (χ3n) is 3.06. The summed E-state index contributed by atoms with van der Waals surface area (Å²) in [6.45, 7) is 2.51. The largest absolute Gasteiger partial charge is 0.378 e. The van der Waals surface area contributed by atoms with Crippen molar-refractivity contribution in [3.8, 4) is 0 Å². The van der Waals surface area contributed by atoms with Crippen LogP contribution in [0.3, 0.4) is 0 Å². The molecule has 2 aromatic rings. The number of H-pyrrole nitrogens is 1. The minimum Gasteiger partial charge on any atom is -0.378 e. The van der Waals surface area contributed by atoms with Crippen LogP contribution in [0.15, 0.2) is 23.1 Å². The number of hydrogen-bond donors (Lipinski definition) is 1. The molecule has 3 heterocycles. The van der Waals surface area contributed by atoms with Gasteiger partial charge in [-0.3, -0.25) is 4.79 Å². The van der Waals surface area contributed by atoms with Gasteiger partial charge in [-0.1, -0.05) is 0 Å². The second kappa shape index (κ2) is 4.70. The number of carbonyl (C=O) groups excluding carboxylic acids is 1. The van der Waals surface area contributed by atoms with Crippen molar-refractivity contribution in [3.05, 3.63) is 28.6 Å². The number of rotatable bonds is 1. The monoisotopic (exact) mass is 309 g/mol. The van der Waals surface area contributed by atoms with E-state index in [9.17, 15) is 4.79 Å². The number of ether oxygens (including phenoxy) is 1. The summed E-state index contributed by atoms with van der Waals surface area (Å²) in [5, 5.41) is 0.856. The van der Waals surface area contributed by atoms with Crippen LogP contribution >= 0.6 is 15.9 Å². The molecule has 0 bridgehead atoms. The van der Waals surface area contributed by atoms with Crippen LogP contribution < -0.4 is 0 Å². The fraction of sp³-hybridized carbons (Fsp3) is 0.333. The highest BCUT2D eigenvalue weighted by Gasteiger charge is 2.21. The molecule has 1 aliphatic heterocycles. The number of carbonyl (C=O) groups is 1. The van der Waals surface area contributed by atoms with E-state index in [1.165, 1.54) is 0 Å². The summed E-state index contributed by atoms with van der Waals surface area (Å²) >= 11 is 3.31. The molecule has 5 nitrogen and oxygen atoms in total. The average Bonchev–Trinajstić information content (AvgIpc) is 2.81. The van der Waals surface area contributed by atoms with E-state index in [1.54, 1.807) is 12.4 Å². The Morgan fingerprint density at radius 2 is 2.22 bits per heavy atom. The van der Waals surface area contributed by atoms with Crippen molar-refractivity contribution in [2.24, 2.45) is 0 Å². The first-order valence-corrected chi connectivity index (χ1v) is 6.54. The first-order chi connectivity index (χ1) is 8.75. The van der Waals surface area contributed by atoms with E-state index >= 15 is 0 Å². The number of halogens is 1. The smallest absolute Gasteiger partial charge is 0.256 e. The van der Waals surface area contributed by atoms with Gasteiger partial charge in [0.15, 0.2) is 0 Å². The van der Waals surface area contributed by atoms with Crippen LogP contribution in [0, 0.1) is 0 Å². The Bertz CT molecular complexity index is 590. The molecule has 0 aromatic carbocycles. The molecule has 3 rings (SSSR count). The Balaban J connectivity index is 1.96. The first kappa shape index (κ1) is 11.7.